The maximum absolute atomic E-state index is 12.4. The fourth-order valence-corrected chi connectivity index (χ4v) is 2.64. The number of carbonyl (C=O) groups excluding carboxylic acids is 1. The van der Waals surface area contributed by atoms with Gasteiger partial charge in [0.1, 0.15) is 11.6 Å². The van der Waals surface area contributed by atoms with Crippen LogP contribution in [-0.4, -0.2) is 45.3 Å². The van der Waals surface area contributed by atoms with Crippen molar-refractivity contribution in [3.05, 3.63) is 30.0 Å². The van der Waals surface area contributed by atoms with Crippen LogP contribution in [0.15, 0.2) is 18.5 Å². The summed E-state index contributed by atoms with van der Waals surface area (Å²) in [6, 6.07) is 1.97. The number of aromatic nitrogens is 4. The standard InChI is InChI=1S/C15H20N6O/c1-4-12-7-14(18-11(2)17-12)20-5-6-21(15(22)10-20)13-8-16-19(3)9-13/h7-9H,4-6,10H2,1-3H3. The van der Waals surface area contributed by atoms with Gasteiger partial charge in [0.05, 0.1) is 18.4 Å². The van der Waals surface area contributed by atoms with Crippen LogP contribution >= 0.6 is 0 Å². The highest BCUT2D eigenvalue weighted by molar-refractivity contribution is 5.97. The number of hydrogen-bond acceptors (Lipinski definition) is 5. The number of nitrogens with zero attached hydrogens (tertiary/aromatic N) is 6. The third kappa shape index (κ3) is 2.79. The smallest absolute Gasteiger partial charge is 0.246 e. The van der Waals surface area contributed by atoms with Gasteiger partial charge in [-0.3, -0.25) is 9.48 Å². The Bertz CT molecular complexity index is 695. The van der Waals surface area contributed by atoms with E-state index in [1.165, 1.54) is 0 Å². The van der Waals surface area contributed by atoms with Crippen LogP contribution in [0.1, 0.15) is 18.4 Å². The maximum Gasteiger partial charge on any atom is 0.246 e. The molecule has 0 aliphatic carbocycles. The van der Waals surface area contributed by atoms with E-state index in [-0.39, 0.29) is 5.91 Å². The van der Waals surface area contributed by atoms with Gasteiger partial charge in [-0.15, -0.1) is 0 Å². The Kier molecular flexibility index (Phi) is 3.79. The molecule has 1 saturated heterocycles. The van der Waals surface area contributed by atoms with Gasteiger partial charge in [0.25, 0.3) is 0 Å². The fraction of sp³-hybridized carbons (Fsp3) is 0.467. The third-order valence-electron chi connectivity index (χ3n) is 3.79. The molecule has 2 aromatic rings. The molecule has 1 aliphatic heterocycles. The summed E-state index contributed by atoms with van der Waals surface area (Å²) in [7, 11) is 1.85. The van der Waals surface area contributed by atoms with Gasteiger partial charge in [0, 0.05) is 38.1 Å². The molecule has 7 heteroatoms. The highest BCUT2D eigenvalue weighted by atomic mass is 16.2. The summed E-state index contributed by atoms with van der Waals surface area (Å²) in [6.45, 7) is 5.66. The van der Waals surface area contributed by atoms with Gasteiger partial charge >= 0.3 is 0 Å². The first-order valence-electron chi connectivity index (χ1n) is 7.45. The molecule has 0 atom stereocenters. The van der Waals surface area contributed by atoms with Crippen LogP contribution in [-0.2, 0) is 18.3 Å². The molecule has 22 heavy (non-hydrogen) atoms. The number of hydrogen-bond donors (Lipinski definition) is 0. The lowest BCUT2D eigenvalue weighted by atomic mass is 10.2. The molecule has 0 aromatic carbocycles. The summed E-state index contributed by atoms with van der Waals surface area (Å²) >= 11 is 0. The molecule has 0 spiro atoms. The van der Waals surface area contributed by atoms with Gasteiger partial charge in [-0.05, 0) is 13.3 Å². The topological polar surface area (TPSA) is 67.2 Å². The Morgan fingerprint density at radius 1 is 1.27 bits per heavy atom. The van der Waals surface area contributed by atoms with Crippen molar-refractivity contribution in [3.63, 3.8) is 0 Å². The second-order valence-corrected chi connectivity index (χ2v) is 5.46. The molecule has 3 heterocycles. The molecule has 0 radical (unpaired) electrons. The molecule has 2 aromatic heterocycles. The Morgan fingerprint density at radius 2 is 2.09 bits per heavy atom. The zero-order valence-corrected chi connectivity index (χ0v) is 13.2. The van der Waals surface area contributed by atoms with Crippen molar-refractivity contribution in [1.29, 1.82) is 0 Å². The Hall–Kier alpha value is -2.44. The number of amides is 1. The van der Waals surface area contributed by atoms with E-state index in [4.69, 9.17) is 0 Å². The van der Waals surface area contributed by atoms with Crippen LogP contribution in [0, 0.1) is 6.92 Å². The van der Waals surface area contributed by atoms with E-state index >= 15 is 0 Å². The number of carbonyl (C=O) groups is 1. The van der Waals surface area contributed by atoms with E-state index in [0.29, 0.717) is 13.1 Å². The van der Waals surface area contributed by atoms with E-state index < -0.39 is 0 Å². The molecule has 116 valence electrons. The number of rotatable bonds is 3. The number of piperazine rings is 1. The molecule has 0 bridgehead atoms. The molecule has 1 aliphatic rings. The van der Waals surface area contributed by atoms with Gasteiger partial charge in [-0.1, -0.05) is 6.92 Å². The summed E-state index contributed by atoms with van der Waals surface area (Å²) in [5.41, 5.74) is 1.85. The van der Waals surface area contributed by atoms with Crippen molar-refractivity contribution in [2.45, 2.75) is 20.3 Å². The summed E-state index contributed by atoms with van der Waals surface area (Å²) in [5.74, 6) is 1.65. The molecule has 0 N–H and O–H groups in total. The minimum Gasteiger partial charge on any atom is -0.345 e. The number of aryl methyl sites for hydroxylation is 3. The average Bonchev–Trinajstić information content (AvgIpc) is 2.92. The van der Waals surface area contributed by atoms with E-state index in [0.717, 1.165) is 36.0 Å². The molecule has 3 rings (SSSR count). The molecule has 0 saturated carbocycles. The lowest BCUT2D eigenvalue weighted by Crippen LogP contribution is -2.51. The minimum atomic E-state index is 0.0635. The van der Waals surface area contributed by atoms with Crippen molar-refractivity contribution in [2.75, 3.05) is 29.4 Å². The van der Waals surface area contributed by atoms with Crippen molar-refractivity contribution in [3.8, 4) is 0 Å². The Labute approximate surface area is 129 Å². The van der Waals surface area contributed by atoms with E-state index in [9.17, 15) is 4.79 Å². The van der Waals surface area contributed by atoms with Gasteiger partial charge in [-0.25, -0.2) is 9.97 Å². The highest BCUT2D eigenvalue weighted by Crippen LogP contribution is 2.20. The van der Waals surface area contributed by atoms with Gasteiger partial charge in [-0.2, -0.15) is 5.10 Å². The van der Waals surface area contributed by atoms with Gasteiger partial charge in [0.15, 0.2) is 0 Å². The maximum atomic E-state index is 12.4. The molecular formula is C15H20N6O. The van der Waals surface area contributed by atoms with E-state index in [1.807, 2.05) is 31.1 Å². The minimum absolute atomic E-state index is 0.0635. The Morgan fingerprint density at radius 3 is 2.73 bits per heavy atom. The van der Waals surface area contributed by atoms with Crippen molar-refractivity contribution >= 4 is 17.4 Å². The monoisotopic (exact) mass is 300 g/mol. The van der Waals surface area contributed by atoms with Crippen LogP contribution < -0.4 is 9.80 Å². The molecule has 1 fully saturated rings. The van der Waals surface area contributed by atoms with Gasteiger partial charge in [0.2, 0.25) is 5.91 Å². The predicted octanol–water partition coefficient (Wildman–Crippen LogP) is 0.934. The third-order valence-corrected chi connectivity index (χ3v) is 3.79. The Balaban J connectivity index is 1.77. The summed E-state index contributed by atoms with van der Waals surface area (Å²) < 4.78 is 1.70. The average molecular weight is 300 g/mol. The first kappa shape index (κ1) is 14.5. The van der Waals surface area contributed by atoms with Gasteiger partial charge < -0.3 is 9.80 Å². The predicted molar refractivity (Wildman–Crippen MR) is 83.9 cm³/mol. The highest BCUT2D eigenvalue weighted by Gasteiger charge is 2.26. The van der Waals surface area contributed by atoms with Crippen LogP contribution in [0.5, 0.6) is 0 Å². The summed E-state index contributed by atoms with van der Waals surface area (Å²) in [5, 5.41) is 4.13. The fourth-order valence-electron chi connectivity index (χ4n) is 2.64. The van der Waals surface area contributed by atoms with E-state index in [1.54, 1.807) is 15.8 Å². The first-order valence-corrected chi connectivity index (χ1v) is 7.45. The molecule has 7 nitrogen and oxygen atoms in total. The van der Waals surface area contributed by atoms with Crippen molar-refractivity contribution in [2.24, 2.45) is 7.05 Å². The molecular weight excluding hydrogens is 280 g/mol. The second-order valence-electron chi connectivity index (χ2n) is 5.46. The number of anilines is 2. The zero-order valence-electron chi connectivity index (χ0n) is 13.2. The summed E-state index contributed by atoms with van der Waals surface area (Å²) in [6.07, 6.45) is 4.44. The SMILES string of the molecule is CCc1cc(N2CCN(c3cnn(C)c3)C(=O)C2)nc(C)n1. The zero-order chi connectivity index (χ0) is 15.7. The van der Waals surface area contributed by atoms with Crippen LogP contribution in [0.4, 0.5) is 11.5 Å². The molecule has 1 amide bonds. The van der Waals surface area contributed by atoms with Crippen LogP contribution in [0.2, 0.25) is 0 Å². The summed E-state index contributed by atoms with van der Waals surface area (Å²) in [4.78, 5) is 25.1. The second kappa shape index (κ2) is 5.75. The van der Waals surface area contributed by atoms with Crippen LogP contribution in [0.25, 0.3) is 0 Å². The van der Waals surface area contributed by atoms with E-state index in [2.05, 4.69) is 22.0 Å². The normalized spacial score (nSPS) is 15.5. The quantitative estimate of drug-likeness (QED) is 0.844. The van der Waals surface area contributed by atoms with Crippen molar-refractivity contribution in [1.82, 2.24) is 19.7 Å². The van der Waals surface area contributed by atoms with Crippen molar-refractivity contribution < 1.29 is 4.79 Å². The molecule has 0 unspecified atom stereocenters. The van der Waals surface area contributed by atoms with Crippen LogP contribution in [0.3, 0.4) is 0 Å². The lowest BCUT2D eigenvalue weighted by Gasteiger charge is -2.34. The lowest BCUT2D eigenvalue weighted by molar-refractivity contribution is -0.117. The largest absolute Gasteiger partial charge is 0.345 e. The first-order chi connectivity index (χ1) is 10.6.